The number of nitrogens with one attached hydrogen (secondary N) is 1. The van der Waals surface area contributed by atoms with Gasteiger partial charge in [-0.1, -0.05) is 11.3 Å². The van der Waals surface area contributed by atoms with E-state index in [9.17, 15) is 9.18 Å². The summed E-state index contributed by atoms with van der Waals surface area (Å²) in [6, 6.07) is 6.43. The van der Waals surface area contributed by atoms with Crippen LogP contribution in [0.3, 0.4) is 0 Å². The SMILES string of the molecule is Cc1c(CNC(=O)C23CC4CC(CC(C4)C2)C3)sc2nc(-c3ccc(F)cc3)cn12. The van der Waals surface area contributed by atoms with Crippen LogP contribution in [0.15, 0.2) is 30.5 Å². The molecule has 156 valence electrons. The molecule has 2 heterocycles. The Morgan fingerprint density at radius 2 is 1.80 bits per heavy atom. The third-order valence-electron chi connectivity index (χ3n) is 7.72. The molecule has 30 heavy (non-hydrogen) atoms. The Balaban J connectivity index is 1.19. The maximum Gasteiger partial charge on any atom is 0.226 e. The molecule has 6 heteroatoms. The van der Waals surface area contributed by atoms with Crippen molar-refractivity contribution in [2.24, 2.45) is 23.2 Å². The molecule has 4 aliphatic carbocycles. The first-order valence-electron chi connectivity index (χ1n) is 11.0. The van der Waals surface area contributed by atoms with Gasteiger partial charge in [0.1, 0.15) is 5.82 Å². The van der Waals surface area contributed by atoms with Crippen LogP contribution in [0, 0.1) is 35.9 Å². The van der Waals surface area contributed by atoms with E-state index in [0.29, 0.717) is 6.54 Å². The summed E-state index contributed by atoms with van der Waals surface area (Å²) in [5.74, 6) is 2.36. The second-order valence-corrected chi connectivity index (χ2v) is 10.8. The van der Waals surface area contributed by atoms with Crippen LogP contribution in [0.4, 0.5) is 4.39 Å². The highest BCUT2D eigenvalue weighted by Crippen LogP contribution is 2.60. The number of aromatic nitrogens is 2. The van der Waals surface area contributed by atoms with Crippen LogP contribution in [-0.2, 0) is 11.3 Å². The first kappa shape index (κ1) is 18.6. The molecule has 0 unspecified atom stereocenters. The van der Waals surface area contributed by atoms with Gasteiger partial charge in [0, 0.05) is 27.7 Å². The highest BCUT2D eigenvalue weighted by atomic mass is 32.1. The van der Waals surface area contributed by atoms with E-state index in [2.05, 4.69) is 16.6 Å². The van der Waals surface area contributed by atoms with Crippen molar-refractivity contribution in [3.8, 4) is 11.3 Å². The maximum absolute atomic E-state index is 13.2. The number of rotatable bonds is 4. The molecule has 0 radical (unpaired) electrons. The summed E-state index contributed by atoms with van der Waals surface area (Å²) in [5, 5.41) is 3.29. The summed E-state index contributed by atoms with van der Waals surface area (Å²) in [6.45, 7) is 2.65. The van der Waals surface area contributed by atoms with E-state index < -0.39 is 0 Å². The van der Waals surface area contributed by atoms with Gasteiger partial charge in [0.05, 0.1) is 12.2 Å². The van der Waals surface area contributed by atoms with Crippen molar-refractivity contribution in [2.45, 2.75) is 52.0 Å². The molecule has 4 aliphatic rings. The summed E-state index contributed by atoms with van der Waals surface area (Å²) in [5.41, 5.74) is 2.76. The minimum Gasteiger partial charge on any atom is -0.351 e. The predicted octanol–water partition coefficient (Wildman–Crippen LogP) is 5.34. The topological polar surface area (TPSA) is 46.4 Å². The molecule has 1 aromatic carbocycles. The lowest BCUT2D eigenvalue weighted by Gasteiger charge is -2.55. The Hall–Kier alpha value is -2.21. The van der Waals surface area contributed by atoms with E-state index in [-0.39, 0.29) is 17.1 Å². The molecule has 1 amide bonds. The van der Waals surface area contributed by atoms with Crippen LogP contribution in [0.25, 0.3) is 16.2 Å². The fourth-order valence-electron chi connectivity index (χ4n) is 6.65. The Kier molecular flexibility index (Phi) is 4.11. The van der Waals surface area contributed by atoms with E-state index in [1.165, 1.54) is 31.4 Å². The number of hydrogen-bond donors (Lipinski definition) is 1. The number of fused-ring (bicyclic) bond motifs is 1. The highest BCUT2D eigenvalue weighted by molar-refractivity contribution is 7.17. The molecule has 4 saturated carbocycles. The number of benzene rings is 1. The zero-order chi connectivity index (χ0) is 20.5. The van der Waals surface area contributed by atoms with Crippen molar-refractivity contribution in [1.82, 2.24) is 14.7 Å². The van der Waals surface area contributed by atoms with Crippen molar-refractivity contribution in [2.75, 3.05) is 0 Å². The normalized spacial score (nSPS) is 29.6. The molecule has 0 atom stereocenters. The zero-order valence-corrected chi connectivity index (χ0v) is 18.0. The second-order valence-electron chi connectivity index (χ2n) is 9.78. The van der Waals surface area contributed by atoms with Gasteiger partial charge in [0.15, 0.2) is 4.96 Å². The summed E-state index contributed by atoms with van der Waals surface area (Å²) in [4.78, 5) is 20.0. The number of aryl methyl sites for hydroxylation is 1. The van der Waals surface area contributed by atoms with Crippen molar-refractivity contribution < 1.29 is 9.18 Å². The minimum absolute atomic E-state index is 0.101. The molecule has 0 aliphatic heterocycles. The monoisotopic (exact) mass is 423 g/mol. The molecule has 1 N–H and O–H groups in total. The first-order chi connectivity index (χ1) is 14.5. The van der Waals surface area contributed by atoms with Crippen LogP contribution in [0.5, 0.6) is 0 Å². The van der Waals surface area contributed by atoms with E-state index in [1.54, 1.807) is 23.5 Å². The Labute approximate surface area is 179 Å². The molecule has 4 fully saturated rings. The number of carbonyl (C=O) groups is 1. The van der Waals surface area contributed by atoms with Crippen LogP contribution in [0.1, 0.15) is 49.1 Å². The molecule has 4 bridgehead atoms. The lowest BCUT2D eigenvalue weighted by atomic mass is 9.49. The fourth-order valence-corrected chi connectivity index (χ4v) is 7.70. The third kappa shape index (κ3) is 2.91. The summed E-state index contributed by atoms with van der Waals surface area (Å²) in [7, 11) is 0. The molecule has 3 aromatic rings. The van der Waals surface area contributed by atoms with E-state index >= 15 is 0 Å². The largest absolute Gasteiger partial charge is 0.351 e. The summed E-state index contributed by atoms with van der Waals surface area (Å²) < 4.78 is 15.3. The number of nitrogens with zero attached hydrogens (tertiary/aromatic N) is 2. The number of halogens is 1. The minimum atomic E-state index is -0.243. The van der Waals surface area contributed by atoms with Crippen LogP contribution in [-0.4, -0.2) is 15.3 Å². The average Bonchev–Trinajstić information content (AvgIpc) is 3.25. The number of amides is 1. The van der Waals surface area contributed by atoms with Crippen molar-refractivity contribution >= 4 is 22.2 Å². The smallest absolute Gasteiger partial charge is 0.226 e. The maximum atomic E-state index is 13.2. The molecular weight excluding hydrogens is 397 g/mol. The van der Waals surface area contributed by atoms with Crippen molar-refractivity contribution in [3.05, 3.63) is 46.9 Å². The highest BCUT2D eigenvalue weighted by Gasteiger charge is 2.54. The molecule has 2 aromatic heterocycles. The Morgan fingerprint density at radius 1 is 1.17 bits per heavy atom. The standard InChI is InChI=1S/C24H26FN3OS/c1-14-21(30-23-27-20(13-28(14)23)18-2-4-19(25)5-3-18)12-26-22(29)24-9-15-6-16(10-24)8-17(7-15)11-24/h2-5,13,15-17H,6-12H2,1H3,(H,26,29). The van der Waals surface area contributed by atoms with Gasteiger partial charge in [0.25, 0.3) is 0 Å². The number of thiazole rings is 1. The van der Waals surface area contributed by atoms with E-state index in [1.807, 2.05) is 6.20 Å². The number of carbonyl (C=O) groups excluding carboxylic acids is 1. The van der Waals surface area contributed by atoms with Gasteiger partial charge in [0.2, 0.25) is 5.91 Å². The van der Waals surface area contributed by atoms with Crippen LogP contribution >= 0.6 is 11.3 Å². The van der Waals surface area contributed by atoms with Gasteiger partial charge in [-0.05, 0) is 87.5 Å². The van der Waals surface area contributed by atoms with Crippen molar-refractivity contribution in [3.63, 3.8) is 0 Å². The molecule has 0 saturated heterocycles. The van der Waals surface area contributed by atoms with Gasteiger partial charge in [-0.2, -0.15) is 0 Å². The second kappa shape index (κ2) is 6.64. The Bertz CT molecular complexity index is 1090. The lowest BCUT2D eigenvalue weighted by molar-refractivity contribution is -0.146. The number of imidazole rings is 1. The molecular formula is C24H26FN3OS. The fraction of sp³-hybridized carbons (Fsp3) is 0.500. The molecule has 0 spiro atoms. The summed E-state index contributed by atoms with van der Waals surface area (Å²) >= 11 is 1.62. The predicted molar refractivity (Wildman–Crippen MR) is 116 cm³/mol. The third-order valence-corrected chi connectivity index (χ3v) is 8.88. The van der Waals surface area contributed by atoms with Gasteiger partial charge in [-0.25, -0.2) is 9.37 Å². The van der Waals surface area contributed by atoms with Gasteiger partial charge >= 0.3 is 0 Å². The van der Waals surface area contributed by atoms with Gasteiger partial charge in [-0.3, -0.25) is 9.20 Å². The summed E-state index contributed by atoms with van der Waals surface area (Å²) in [6.07, 6.45) is 9.34. The lowest BCUT2D eigenvalue weighted by Crippen LogP contribution is -2.53. The van der Waals surface area contributed by atoms with Gasteiger partial charge < -0.3 is 5.32 Å². The Morgan fingerprint density at radius 3 is 2.40 bits per heavy atom. The molecule has 7 rings (SSSR count). The van der Waals surface area contributed by atoms with Crippen LogP contribution in [0.2, 0.25) is 0 Å². The zero-order valence-electron chi connectivity index (χ0n) is 17.2. The van der Waals surface area contributed by atoms with Crippen molar-refractivity contribution in [1.29, 1.82) is 0 Å². The number of hydrogen-bond acceptors (Lipinski definition) is 3. The van der Waals surface area contributed by atoms with Crippen LogP contribution < -0.4 is 5.32 Å². The quantitative estimate of drug-likeness (QED) is 0.615. The van der Waals surface area contributed by atoms with Gasteiger partial charge in [-0.15, -0.1) is 0 Å². The van der Waals surface area contributed by atoms with E-state index in [0.717, 1.165) is 63.8 Å². The average molecular weight is 424 g/mol. The van der Waals surface area contributed by atoms with E-state index in [4.69, 9.17) is 4.98 Å². The molecule has 4 nitrogen and oxygen atoms in total. The first-order valence-corrected chi connectivity index (χ1v) is 11.8.